The van der Waals surface area contributed by atoms with Crippen LogP contribution in [-0.4, -0.2) is 33.9 Å². The second kappa shape index (κ2) is 4.18. The highest BCUT2D eigenvalue weighted by Crippen LogP contribution is 2.40. The second-order valence-corrected chi connectivity index (χ2v) is 5.61. The van der Waals surface area contributed by atoms with Crippen LogP contribution in [0.5, 0.6) is 0 Å². The fourth-order valence-electron chi connectivity index (χ4n) is 2.87. The van der Waals surface area contributed by atoms with Gasteiger partial charge in [0.05, 0.1) is 12.2 Å². The second-order valence-electron chi connectivity index (χ2n) is 5.61. The van der Waals surface area contributed by atoms with Gasteiger partial charge in [-0.1, -0.05) is 0 Å². The zero-order chi connectivity index (χ0) is 12.8. The number of aromatic nitrogens is 3. The molecule has 0 N–H and O–H groups in total. The number of piperidine rings is 1. The molecule has 1 aliphatic heterocycles. The molecular formula is C14H17FN4. The molecule has 1 saturated heterocycles. The molecule has 0 bridgehead atoms. The molecule has 0 amide bonds. The Morgan fingerprint density at radius 3 is 2.95 bits per heavy atom. The molecule has 1 aliphatic carbocycles. The van der Waals surface area contributed by atoms with Crippen molar-refractivity contribution in [3.8, 4) is 0 Å². The summed E-state index contributed by atoms with van der Waals surface area (Å²) in [5.74, 6) is 1.51. The molecule has 0 aromatic carbocycles. The first kappa shape index (κ1) is 11.2. The molecule has 3 heterocycles. The third-order valence-corrected chi connectivity index (χ3v) is 4.05. The molecule has 0 radical (unpaired) electrons. The van der Waals surface area contributed by atoms with Gasteiger partial charge in [-0.05, 0) is 31.7 Å². The van der Waals surface area contributed by atoms with Crippen LogP contribution >= 0.6 is 0 Å². The monoisotopic (exact) mass is 260 g/mol. The molecular weight excluding hydrogens is 243 g/mol. The third-order valence-electron chi connectivity index (χ3n) is 4.05. The summed E-state index contributed by atoms with van der Waals surface area (Å²) >= 11 is 0. The Labute approximate surface area is 111 Å². The topological polar surface area (TPSA) is 33.4 Å². The highest BCUT2D eigenvalue weighted by atomic mass is 19.1. The van der Waals surface area contributed by atoms with Gasteiger partial charge in [0.15, 0.2) is 5.82 Å². The Hall–Kier alpha value is -1.65. The average Bonchev–Trinajstić information content (AvgIpc) is 3.17. The van der Waals surface area contributed by atoms with Gasteiger partial charge in [0.1, 0.15) is 11.7 Å². The number of nitrogens with zero attached hydrogens (tertiary/aromatic N) is 4. The van der Waals surface area contributed by atoms with Crippen molar-refractivity contribution in [2.24, 2.45) is 0 Å². The summed E-state index contributed by atoms with van der Waals surface area (Å²) in [6, 6.07) is 2.13. The van der Waals surface area contributed by atoms with Crippen molar-refractivity contribution in [1.29, 1.82) is 0 Å². The Morgan fingerprint density at radius 1 is 1.26 bits per heavy atom. The van der Waals surface area contributed by atoms with Crippen LogP contribution in [0.4, 0.5) is 10.2 Å². The first-order chi connectivity index (χ1) is 9.31. The molecule has 2 aromatic heterocycles. The first-order valence-corrected chi connectivity index (χ1v) is 7.04. The van der Waals surface area contributed by atoms with Gasteiger partial charge in [0.2, 0.25) is 0 Å². The van der Waals surface area contributed by atoms with Crippen LogP contribution in [0.1, 0.15) is 37.3 Å². The van der Waals surface area contributed by atoms with Gasteiger partial charge in [-0.3, -0.25) is 0 Å². The van der Waals surface area contributed by atoms with Crippen LogP contribution in [-0.2, 0) is 0 Å². The molecule has 2 aromatic rings. The van der Waals surface area contributed by atoms with E-state index in [1.807, 2.05) is 10.7 Å². The highest BCUT2D eigenvalue weighted by Gasteiger charge is 2.28. The Balaban J connectivity index is 1.75. The van der Waals surface area contributed by atoms with Crippen molar-refractivity contribution in [2.45, 2.75) is 37.8 Å². The van der Waals surface area contributed by atoms with Crippen LogP contribution < -0.4 is 4.90 Å². The van der Waals surface area contributed by atoms with Gasteiger partial charge in [0, 0.05) is 24.9 Å². The lowest BCUT2D eigenvalue weighted by Crippen LogP contribution is -2.37. The highest BCUT2D eigenvalue weighted by molar-refractivity contribution is 5.69. The molecule has 0 spiro atoms. The summed E-state index contributed by atoms with van der Waals surface area (Å²) in [5.41, 5.74) is 2.17. The lowest BCUT2D eigenvalue weighted by molar-refractivity contribution is 0.286. The maximum atomic E-state index is 13.6. The number of fused-ring (bicyclic) bond motifs is 1. The molecule has 1 saturated carbocycles. The quantitative estimate of drug-likeness (QED) is 0.832. The smallest absolute Gasteiger partial charge is 0.154 e. The number of halogens is 1. The molecule has 4 rings (SSSR count). The summed E-state index contributed by atoms with van der Waals surface area (Å²) in [7, 11) is 0. The maximum Gasteiger partial charge on any atom is 0.154 e. The van der Waals surface area contributed by atoms with Gasteiger partial charge >= 0.3 is 0 Å². The maximum absolute atomic E-state index is 13.6. The molecule has 5 heteroatoms. The van der Waals surface area contributed by atoms with E-state index in [1.54, 1.807) is 6.20 Å². The fraction of sp³-hybridized carbons (Fsp3) is 0.571. The average molecular weight is 260 g/mol. The van der Waals surface area contributed by atoms with E-state index in [0.29, 0.717) is 18.9 Å². The van der Waals surface area contributed by atoms with Crippen LogP contribution in [0.25, 0.3) is 5.52 Å². The van der Waals surface area contributed by atoms with E-state index in [9.17, 15) is 4.39 Å². The van der Waals surface area contributed by atoms with Gasteiger partial charge in [0.25, 0.3) is 0 Å². The van der Waals surface area contributed by atoms with E-state index < -0.39 is 6.17 Å². The summed E-state index contributed by atoms with van der Waals surface area (Å²) in [6.07, 6.45) is 6.95. The van der Waals surface area contributed by atoms with E-state index in [2.05, 4.69) is 21.0 Å². The minimum absolute atomic E-state index is 0.455. The predicted molar refractivity (Wildman–Crippen MR) is 71.3 cm³/mol. The van der Waals surface area contributed by atoms with Crippen LogP contribution in [0.3, 0.4) is 0 Å². The van der Waals surface area contributed by atoms with Crippen molar-refractivity contribution in [2.75, 3.05) is 18.0 Å². The van der Waals surface area contributed by atoms with Gasteiger partial charge in [-0.25, -0.2) is 13.9 Å². The number of hydrogen-bond acceptors (Lipinski definition) is 3. The lowest BCUT2D eigenvalue weighted by Gasteiger charge is -2.30. The van der Waals surface area contributed by atoms with Gasteiger partial charge in [-0.15, -0.1) is 0 Å². The van der Waals surface area contributed by atoms with Crippen LogP contribution in [0, 0.1) is 0 Å². The normalized spacial score (nSPS) is 24.1. The fourth-order valence-corrected chi connectivity index (χ4v) is 2.87. The summed E-state index contributed by atoms with van der Waals surface area (Å²) < 4.78 is 15.5. The lowest BCUT2D eigenvalue weighted by atomic mass is 10.1. The SMILES string of the molecule is FC1CCCN(c2nccn3nc(C4CC4)cc23)C1. The summed E-state index contributed by atoms with van der Waals surface area (Å²) in [4.78, 5) is 6.51. The number of hydrogen-bond donors (Lipinski definition) is 0. The van der Waals surface area contributed by atoms with E-state index in [4.69, 9.17) is 0 Å². The zero-order valence-electron chi connectivity index (χ0n) is 10.8. The molecule has 19 heavy (non-hydrogen) atoms. The molecule has 2 fully saturated rings. The van der Waals surface area contributed by atoms with Crippen molar-refractivity contribution >= 4 is 11.3 Å². The zero-order valence-corrected chi connectivity index (χ0v) is 10.8. The summed E-state index contributed by atoms with van der Waals surface area (Å²) in [6.45, 7) is 1.34. The van der Waals surface area contributed by atoms with E-state index in [-0.39, 0.29) is 0 Å². The molecule has 4 nitrogen and oxygen atoms in total. The largest absolute Gasteiger partial charge is 0.352 e. The standard InChI is InChI=1S/C14H17FN4/c15-11-2-1-6-18(9-11)14-13-8-12(10-3-4-10)17-19(13)7-5-16-14/h5,7-8,10-11H,1-4,6,9H2. The van der Waals surface area contributed by atoms with Crippen molar-refractivity contribution in [1.82, 2.24) is 14.6 Å². The molecule has 2 aliphatic rings. The van der Waals surface area contributed by atoms with Gasteiger partial charge < -0.3 is 4.90 Å². The minimum atomic E-state index is -0.735. The Morgan fingerprint density at radius 2 is 2.16 bits per heavy atom. The number of anilines is 1. The Kier molecular flexibility index (Phi) is 2.47. The van der Waals surface area contributed by atoms with E-state index in [0.717, 1.165) is 30.0 Å². The van der Waals surface area contributed by atoms with Crippen molar-refractivity contribution < 1.29 is 4.39 Å². The molecule has 100 valence electrons. The van der Waals surface area contributed by atoms with Crippen molar-refractivity contribution in [3.05, 3.63) is 24.2 Å². The number of rotatable bonds is 2. The minimum Gasteiger partial charge on any atom is -0.352 e. The van der Waals surface area contributed by atoms with Crippen LogP contribution in [0.15, 0.2) is 18.5 Å². The Bertz CT molecular complexity index is 605. The molecule has 1 atom stereocenters. The predicted octanol–water partition coefficient (Wildman–Crippen LogP) is 2.55. The summed E-state index contributed by atoms with van der Waals surface area (Å²) in [5, 5.41) is 4.61. The molecule has 1 unspecified atom stereocenters. The van der Waals surface area contributed by atoms with E-state index in [1.165, 1.54) is 12.8 Å². The first-order valence-electron chi connectivity index (χ1n) is 7.04. The van der Waals surface area contributed by atoms with Gasteiger partial charge in [-0.2, -0.15) is 5.10 Å². The van der Waals surface area contributed by atoms with E-state index >= 15 is 0 Å². The number of alkyl halides is 1. The van der Waals surface area contributed by atoms with Crippen molar-refractivity contribution in [3.63, 3.8) is 0 Å². The van der Waals surface area contributed by atoms with Crippen LogP contribution in [0.2, 0.25) is 0 Å². The third kappa shape index (κ3) is 1.97.